The Kier molecular flexibility index (Phi) is 5.90. The van der Waals surface area contributed by atoms with E-state index in [0.29, 0.717) is 39.6 Å². The lowest BCUT2D eigenvalue weighted by Crippen LogP contribution is -2.26. The summed E-state index contributed by atoms with van der Waals surface area (Å²) in [4.78, 5) is 13.7. The number of aromatic hydroxyl groups is 1. The summed E-state index contributed by atoms with van der Waals surface area (Å²) in [6.07, 6.45) is 1.41. The third-order valence-corrected chi connectivity index (χ3v) is 6.42. The molecule has 166 valence electrons. The van der Waals surface area contributed by atoms with Gasteiger partial charge in [-0.3, -0.25) is 9.52 Å². The molecule has 0 fully saturated rings. The maximum Gasteiger partial charge on any atom is 0.284 e. The molecule has 1 amide bonds. The summed E-state index contributed by atoms with van der Waals surface area (Å²) in [5.74, 6) is -0.0284. The van der Waals surface area contributed by atoms with E-state index in [0.717, 1.165) is 6.26 Å². The number of anilines is 1. The van der Waals surface area contributed by atoms with Crippen LogP contribution in [0.15, 0.2) is 65.1 Å². The summed E-state index contributed by atoms with van der Waals surface area (Å²) < 4.78 is 30.9. The van der Waals surface area contributed by atoms with Crippen molar-refractivity contribution in [2.75, 3.05) is 18.1 Å². The van der Waals surface area contributed by atoms with Crippen LogP contribution < -0.4 is 9.46 Å². The second-order valence-corrected chi connectivity index (χ2v) is 9.94. The standard InChI is InChI=1S/C22H21N3O5S2/c1-30-19-9-4-8-16(21(19)26)18-13-17(23-25(18)22(27)20-10-5-11-31-20)14-6-3-7-15(12-14)24-32(2,28)29/h3-12,18,24,26H,13H2,1-2H3/t18-/m0/s1. The fourth-order valence-electron chi connectivity index (χ4n) is 3.58. The van der Waals surface area contributed by atoms with E-state index in [9.17, 15) is 18.3 Å². The number of hydrogen-bond donors (Lipinski definition) is 2. The maximum atomic E-state index is 13.2. The SMILES string of the molecule is COc1cccc([C@@H]2CC(c3cccc(NS(C)(=O)=O)c3)=NN2C(=O)c2cccs2)c1O. The van der Waals surface area contributed by atoms with Gasteiger partial charge >= 0.3 is 0 Å². The van der Waals surface area contributed by atoms with Crippen LogP contribution in [0, 0.1) is 0 Å². The first-order valence-electron chi connectivity index (χ1n) is 9.65. The minimum absolute atomic E-state index is 0.0482. The van der Waals surface area contributed by atoms with E-state index in [1.807, 2.05) is 5.38 Å². The average molecular weight is 472 g/mol. The Morgan fingerprint density at radius 2 is 2.00 bits per heavy atom. The Labute approximate surface area is 189 Å². The van der Waals surface area contributed by atoms with Crippen LogP contribution in [0.5, 0.6) is 11.5 Å². The van der Waals surface area contributed by atoms with E-state index < -0.39 is 16.1 Å². The Bertz CT molecular complexity index is 1290. The fraction of sp³-hybridized carbons (Fsp3) is 0.182. The van der Waals surface area contributed by atoms with Gasteiger partial charge in [0.1, 0.15) is 0 Å². The van der Waals surface area contributed by atoms with Gasteiger partial charge in [0.15, 0.2) is 11.5 Å². The maximum absolute atomic E-state index is 13.2. The van der Waals surface area contributed by atoms with Crippen LogP contribution in [0.2, 0.25) is 0 Å². The highest BCUT2D eigenvalue weighted by molar-refractivity contribution is 7.92. The number of para-hydroxylation sites is 1. The predicted octanol–water partition coefficient (Wildman–Crippen LogP) is 3.83. The Morgan fingerprint density at radius 1 is 1.22 bits per heavy atom. The van der Waals surface area contributed by atoms with Gasteiger partial charge in [-0.05, 0) is 35.2 Å². The van der Waals surface area contributed by atoms with E-state index in [1.54, 1.807) is 54.6 Å². The van der Waals surface area contributed by atoms with Gasteiger partial charge in [-0.2, -0.15) is 5.10 Å². The van der Waals surface area contributed by atoms with Gasteiger partial charge < -0.3 is 9.84 Å². The molecule has 0 aliphatic carbocycles. The highest BCUT2D eigenvalue weighted by Crippen LogP contribution is 2.42. The molecule has 0 bridgehead atoms. The zero-order valence-electron chi connectivity index (χ0n) is 17.3. The van der Waals surface area contributed by atoms with Crippen molar-refractivity contribution in [2.24, 2.45) is 5.10 Å². The molecule has 2 heterocycles. The molecule has 3 aromatic rings. The predicted molar refractivity (Wildman–Crippen MR) is 124 cm³/mol. The molecular formula is C22H21N3O5S2. The highest BCUT2D eigenvalue weighted by atomic mass is 32.2. The normalized spacial score (nSPS) is 16.0. The zero-order valence-corrected chi connectivity index (χ0v) is 19.0. The van der Waals surface area contributed by atoms with Crippen LogP contribution in [0.1, 0.15) is 33.3 Å². The number of hydrazone groups is 1. The number of ether oxygens (including phenoxy) is 1. The summed E-state index contributed by atoms with van der Waals surface area (Å²) in [6.45, 7) is 0. The number of methoxy groups -OCH3 is 1. The van der Waals surface area contributed by atoms with Crippen LogP contribution >= 0.6 is 11.3 Å². The third-order valence-electron chi connectivity index (χ3n) is 4.96. The van der Waals surface area contributed by atoms with E-state index in [-0.39, 0.29) is 11.7 Å². The first-order valence-corrected chi connectivity index (χ1v) is 12.4. The molecule has 0 unspecified atom stereocenters. The van der Waals surface area contributed by atoms with Crippen molar-refractivity contribution in [3.8, 4) is 11.5 Å². The molecule has 10 heteroatoms. The number of amides is 1. The average Bonchev–Trinajstić information content (AvgIpc) is 3.43. The van der Waals surface area contributed by atoms with Crippen molar-refractivity contribution in [3.05, 3.63) is 76.0 Å². The second kappa shape index (κ2) is 8.64. The summed E-state index contributed by atoms with van der Waals surface area (Å²) in [6, 6.07) is 14.9. The van der Waals surface area contributed by atoms with Gasteiger partial charge in [0.2, 0.25) is 10.0 Å². The first-order chi connectivity index (χ1) is 15.3. The zero-order chi connectivity index (χ0) is 22.9. The van der Waals surface area contributed by atoms with E-state index in [1.165, 1.54) is 23.5 Å². The summed E-state index contributed by atoms with van der Waals surface area (Å²) in [5, 5.41) is 18.5. The third kappa shape index (κ3) is 4.46. The van der Waals surface area contributed by atoms with Gasteiger partial charge in [0, 0.05) is 17.7 Å². The van der Waals surface area contributed by atoms with Crippen LogP contribution in [0.25, 0.3) is 0 Å². The summed E-state index contributed by atoms with van der Waals surface area (Å²) in [5.41, 5.74) is 2.18. The lowest BCUT2D eigenvalue weighted by atomic mass is 9.97. The number of benzene rings is 2. The second-order valence-electron chi connectivity index (χ2n) is 7.25. The van der Waals surface area contributed by atoms with Crippen molar-refractivity contribution in [1.82, 2.24) is 5.01 Å². The van der Waals surface area contributed by atoms with E-state index in [4.69, 9.17) is 4.74 Å². The van der Waals surface area contributed by atoms with Gasteiger partial charge in [-0.25, -0.2) is 13.4 Å². The molecule has 0 spiro atoms. The van der Waals surface area contributed by atoms with Crippen molar-refractivity contribution in [1.29, 1.82) is 0 Å². The molecule has 0 saturated carbocycles. The number of phenolic OH excluding ortho intramolecular Hbond substituents is 1. The summed E-state index contributed by atoms with van der Waals surface area (Å²) >= 11 is 1.31. The smallest absolute Gasteiger partial charge is 0.284 e. The number of hydrogen-bond acceptors (Lipinski definition) is 7. The molecule has 1 aromatic heterocycles. The molecular weight excluding hydrogens is 450 g/mol. The number of phenols is 1. The number of nitrogens with one attached hydrogen (secondary N) is 1. The highest BCUT2D eigenvalue weighted by Gasteiger charge is 2.36. The number of carbonyl (C=O) groups is 1. The number of rotatable bonds is 6. The molecule has 1 atom stereocenters. The van der Waals surface area contributed by atoms with Crippen molar-refractivity contribution < 1.29 is 23.1 Å². The van der Waals surface area contributed by atoms with Crippen molar-refractivity contribution in [2.45, 2.75) is 12.5 Å². The molecule has 4 rings (SSSR count). The molecule has 2 aromatic carbocycles. The molecule has 2 N–H and O–H groups in total. The first kappa shape index (κ1) is 21.8. The van der Waals surface area contributed by atoms with Crippen molar-refractivity contribution in [3.63, 3.8) is 0 Å². The van der Waals surface area contributed by atoms with Crippen molar-refractivity contribution >= 4 is 38.7 Å². The van der Waals surface area contributed by atoms with E-state index in [2.05, 4.69) is 9.82 Å². The van der Waals surface area contributed by atoms with Gasteiger partial charge in [0.25, 0.3) is 5.91 Å². The minimum atomic E-state index is -3.44. The lowest BCUT2D eigenvalue weighted by molar-refractivity contribution is 0.0714. The monoisotopic (exact) mass is 471 g/mol. The Balaban J connectivity index is 1.75. The molecule has 8 nitrogen and oxygen atoms in total. The quantitative estimate of drug-likeness (QED) is 0.568. The number of nitrogens with zero attached hydrogens (tertiary/aromatic N) is 2. The Hall–Kier alpha value is -3.37. The topological polar surface area (TPSA) is 108 Å². The number of sulfonamides is 1. The van der Waals surface area contributed by atoms with Crippen LogP contribution in [0.3, 0.4) is 0 Å². The number of thiophene rings is 1. The van der Waals surface area contributed by atoms with Gasteiger partial charge in [-0.15, -0.1) is 11.3 Å². The molecule has 32 heavy (non-hydrogen) atoms. The minimum Gasteiger partial charge on any atom is -0.504 e. The largest absolute Gasteiger partial charge is 0.504 e. The number of carbonyl (C=O) groups excluding carboxylic acids is 1. The molecule has 0 radical (unpaired) electrons. The fourth-order valence-corrected chi connectivity index (χ4v) is 4.79. The molecule has 1 aliphatic heterocycles. The molecule has 0 saturated heterocycles. The van der Waals surface area contributed by atoms with Crippen LogP contribution in [0.4, 0.5) is 5.69 Å². The summed E-state index contributed by atoms with van der Waals surface area (Å²) in [7, 11) is -1.98. The van der Waals surface area contributed by atoms with Crippen LogP contribution in [-0.2, 0) is 10.0 Å². The van der Waals surface area contributed by atoms with Gasteiger partial charge in [-0.1, -0.05) is 30.3 Å². The van der Waals surface area contributed by atoms with Gasteiger partial charge in [0.05, 0.1) is 30.0 Å². The molecule has 1 aliphatic rings. The van der Waals surface area contributed by atoms with E-state index >= 15 is 0 Å². The van der Waals surface area contributed by atoms with Crippen LogP contribution in [-0.4, -0.2) is 43.5 Å². The lowest BCUT2D eigenvalue weighted by Gasteiger charge is -2.22. The Morgan fingerprint density at radius 3 is 2.69 bits per heavy atom.